The minimum atomic E-state index is -0.680. The number of hydrogen-bond acceptors (Lipinski definition) is 2. The molecule has 0 unspecified atom stereocenters. The molecule has 0 spiro atoms. The standard InChI is InChI=1S/C19H16F2N2O/c1-2-13-4-3-5-14(8-13)12-23-19(24)7-6-18(22-23)15-9-16(20)11-17(21)10-15/h3-11H,2,12H2,1H3. The van der Waals surface area contributed by atoms with Crippen LogP contribution in [0.4, 0.5) is 8.78 Å². The maximum atomic E-state index is 13.4. The van der Waals surface area contributed by atoms with Crippen molar-refractivity contribution in [2.75, 3.05) is 0 Å². The second-order valence-electron chi connectivity index (χ2n) is 5.55. The van der Waals surface area contributed by atoms with Gasteiger partial charge in [0.2, 0.25) is 0 Å². The summed E-state index contributed by atoms with van der Waals surface area (Å²) < 4.78 is 28.1. The Labute approximate surface area is 138 Å². The highest BCUT2D eigenvalue weighted by atomic mass is 19.1. The topological polar surface area (TPSA) is 34.9 Å². The van der Waals surface area contributed by atoms with E-state index in [1.807, 2.05) is 24.3 Å². The molecule has 3 aromatic rings. The van der Waals surface area contributed by atoms with E-state index in [1.165, 1.54) is 34.5 Å². The Kier molecular flexibility index (Phi) is 4.51. The van der Waals surface area contributed by atoms with Gasteiger partial charge in [-0.2, -0.15) is 5.10 Å². The van der Waals surface area contributed by atoms with E-state index in [1.54, 1.807) is 0 Å². The summed E-state index contributed by atoms with van der Waals surface area (Å²) in [4.78, 5) is 12.0. The lowest BCUT2D eigenvalue weighted by atomic mass is 10.1. The highest BCUT2D eigenvalue weighted by molar-refractivity contribution is 5.58. The molecule has 0 N–H and O–H groups in total. The van der Waals surface area contributed by atoms with Gasteiger partial charge in [0.05, 0.1) is 12.2 Å². The zero-order valence-electron chi connectivity index (χ0n) is 13.2. The van der Waals surface area contributed by atoms with Crippen LogP contribution in [0.5, 0.6) is 0 Å². The normalized spacial score (nSPS) is 10.8. The molecule has 1 aromatic heterocycles. The van der Waals surface area contributed by atoms with Gasteiger partial charge in [0, 0.05) is 17.7 Å². The van der Waals surface area contributed by atoms with Crippen LogP contribution in [-0.2, 0) is 13.0 Å². The fourth-order valence-electron chi connectivity index (χ4n) is 2.54. The van der Waals surface area contributed by atoms with E-state index < -0.39 is 11.6 Å². The van der Waals surface area contributed by atoms with Crippen molar-refractivity contribution in [3.8, 4) is 11.3 Å². The quantitative estimate of drug-likeness (QED) is 0.731. The summed E-state index contributed by atoms with van der Waals surface area (Å²) in [7, 11) is 0. The van der Waals surface area contributed by atoms with Gasteiger partial charge in [-0.1, -0.05) is 31.2 Å². The molecule has 0 aliphatic rings. The molecule has 3 nitrogen and oxygen atoms in total. The van der Waals surface area contributed by atoms with Gasteiger partial charge in [-0.25, -0.2) is 13.5 Å². The van der Waals surface area contributed by atoms with Gasteiger partial charge in [-0.3, -0.25) is 4.79 Å². The van der Waals surface area contributed by atoms with Gasteiger partial charge >= 0.3 is 0 Å². The van der Waals surface area contributed by atoms with E-state index >= 15 is 0 Å². The van der Waals surface area contributed by atoms with Crippen LogP contribution >= 0.6 is 0 Å². The molecule has 24 heavy (non-hydrogen) atoms. The maximum Gasteiger partial charge on any atom is 0.267 e. The molecule has 1 heterocycles. The van der Waals surface area contributed by atoms with Crippen molar-refractivity contribution in [1.82, 2.24) is 9.78 Å². The molecular formula is C19H16F2N2O. The first kappa shape index (κ1) is 16.1. The molecule has 0 fully saturated rings. The molecule has 0 aliphatic heterocycles. The molecule has 0 radical (unpaired) electrons. The number of aromatic nitrogens is 2. The average molecular weight is 326 g/mol. The average Bonchev–Trinajstić information content (AvgIpc) is 2.56. The number of hydrogen-bond donors (Lipinski definition) is 0. The minimum absolute atomic E-state index is 0.266. The number of halogens is 2. The van der Waals surface area contributed by atoms with Crippen molar-refractivity contribution in [3.05, 3.63) is 87.7 Å². The van der Waals surface area contributed by atoms with Crippen LogP contribution in [0.3, 0.4) is 0 Å². The number of rotatable bonds is 4. The van der Waals surface area contributed by atoms with Crippen LogP contribution in [0.15, 0.2) is 59.4 Å². The Morgan fingerprint density at radius 1 is 0.958 bits per heavy atom. The number of aryl methyl sites for hydroxylation is 1. The molecule has 3 rings (SSSR count). The van der Waals surface area contributed by atoms with E-state index in [0.29, 0.717) is 17.8 Å². The Hall–Kier alpha value is -2.82. The van der Waals surface area contributed by atoms with Crippen LogP contribution in [0, 0.1) is 11.6 Å². The Morgan fingerprint density at radius 3 is 2.38 bits per heavy atom. The molecule has 0 saturated carbocycles. The molecule has 0 atom stereocenters. The maximum absolute atomic E-state index is 13.4. The van der Waals surface area contributed by atoms with E-state index in [2.05, 4.69) is 12.0 Å². The molecule has 0 amide bonds. The summed E-state index contributed by atoms with van der Waals surface area (Å²) in [6.07, 6.45) is 0.902. The lowest BCUT2D eigenvalue weighted by Gasteiger charge is -2.09. The zero-order valence-corrected chi connectivity index (χ0v) is 13.2. The van der Waals surface area contributed by atoms with Gasteiger partial charge < -0.3 is 0 Å². The van der Waals surface area contributed by atoms with Gasteiger partial charge in [-0.15, -0.1) is 0 Å². The van der Waals surface area contributed by atoms with Gasteiger partial charge in [-0.05, 0) is 35.7 Å². The first-order chi connectivity index (χ1) is 11.5. The molecular weight excluding hydrogens is 310 g/mol. The van der Waals surface area contributed by atoms with Crippen LogP contribution in [-0.4, -0.2) is 9.78 Å². The van der Waals surface area contributed by atoms with Crippen molar-refractivity contribution in [3.63, 3.8) is 0 Å². The second kappa shape index (κ2) is 6.74. The monoisotopic (exact) mass is 326 g/mol. The Balaban J connectivity index is 1.98. The molecule has 0 aliphatic carbocycles. The summed E-state index contributed by atoms with van der Waals surface area (Å²) in [6, 6.07) is 13.9. The van der Waals surface area contributed by atoms with Crippen molar-refractivity contribution < 1.29 is 8.78 Å². The van der Waals surface area contributed by atoms with Crippen LogP contribution < -0.4 is 5.56 Å². The first-order valence-electron chi connectivity index (χ1n) is 7.67. The van der Waals surface area contributed by atoms with Gasteiger partial charge in [0.25, 0.3) is 5.56 Å². The summed E-state index contributed by atoms with van der Waals surface area (Å²) >= 11 is 0. The third-order valence-corrected chi connectivity index (χ3v) is 3.76. The van der Waals surface area contributed by atoms with Crippen molar-refractivity contribution in [2.45, 2.75) is 19.9 Å². The molecule has 5 heteroatoms. The summed E-state index contributed by atoms with van der Waals surface area (Å²) in [5.41, 5.74) is 2.50. The fraction of sp³-hybridized carbons (Fsp3) is 0.158. The Morgan fingerprint density at radius 2 is 1.67 bits per heavy atom. The van der Waals surface area contributed by atoms with E-state index in [4.69, 9.17) is 0 Å². The van der Waals surface area contributed by atoms with E-state index in [-0.39, 0.29) is 5.56 Å². The predicted octanol–water partition coefficient (Wildman–Crippen LogP) is 3.80. The third kappa shape index (κ3) is 3.56. The summed E-state index contributed by atoms with van der Waals surface area (Å²) in [5, 5.41) is 4.25. The van der Waals surface area contributed by atoms with E-state index in [9.17, 15) is 13.6 Å². The molecule has 0 bridgehead atoms. The summed E-state index contributed by atoms with van der Waals surface area (Å²) in [5.74, 6) is -1.36. The van der Waals surface area contributed by atoms with Crippen molar-refractivity contribution in [1.29, 1.82) is 0 Å². The lowest BCUT2D eigenvalue weighted by molar-refractivity contribution is 0.583. The number of nitrogens with zero attached hydrogens (tertiary/aromatic N) is 2. The zero-order chi connectivity index (χ0) is 17.1. The van der Waals surface area contributed by atoms with Crippen LogP contribution in [0.25, 0.3) is 11.3 Å². The number of benzene rings is 2. The van der Waals surface area contributed by atoms with Crippen LogP contribution in [0.1, 0.15) is 18.1 Å². The highest BCUT2D eigenvalue weighted by Crippen LogP contribution is 2.18. The highest BCUT2D eigenvalue weighted by Gasteiger charge is 2.08. The van der Waals surface area contributed by atoms with Gasteiger partial charge in [0.1, 0.15) is 11.6 Å². The molecule has 0 saturated heterocycles. The Bertz CT molecular complexity index is 914. The minimum Gasteiger partial charge on any atom is -0.268 e. The fourth-order valence-corrected chi connectivity index (χ4v) is 2.54. The SMILES string of the molecule is CCc1cccc(Cn2nc(-c3cc(F)cc(F)c3)ccc2=O)c1. The second-order valence-corrected chi connectivity index (χ2v) is 5.55. The molecule has 2 aromatic carbocycles. The predicted molar refractivity (Wildman–Crippen MR) is 88.8 cm³/mol. The van der Waals surface area contributed by atoms with E-state index in [0.717, 1.165) is 18.1 Å². The van der Waals surface area contributed by atoms with Crippen molar-refractivity contribution in [2.24, 2.45) is 0 Å². The van der Waals surface area contributed by atoms with Crippen LogP contribution in [0.2, 0.25) is 0 Å². The molecule has 122 valence electrons. The third-order valence-electron chi connectivity index (χ3n) is 3.76. The summed E-state index contributed by atoms with van der Waals surface area (Å²) in [6.45, 7) is 2.36. The lowest BCUT2D eigenvalue weighted by Crippen LogP contribution is -2.22. The largest absolute Gasteiger partial charge is 0.268 e. The smallest absolute Gasteiger partial charge is 0.267 e. The van der Waals surface area contributed by atoms with Gasteiger partial charge in [0.15, 0.2) is 0 Å². The van der Waals surface area contributed by atoms with Crippen molar-refractivity contribution >= 4 is 0 Å². The first-order valence-corrected chi connectivity index (χ1v) is 7.67.